The summed E-state index contributed by atoms with van der Waals surface area (Å²) >= 11 is 0. The molecule has 1 aromatic rings. The molecule has 2 aliphatic rings. The molecule has 0 spiro atoms. The van der Waals surface area contributed by atoms with Crippen molar-refractivity contribution >= 4 is 11.9 Å². The lowest BCUT2D eigenvalue weighted by atomic mass is 9.92. The van der Waals surface area contributed by atoms with E-state index >= 15 is 0 Å². The maximum Gasteiger partial charge on any atom is 0.306 e. The highest BCUT2D eigenvalue weighted by molar-refractivity contribution is 5.82. The number of carbonyl (C=O) groups is 2. The molecular weight excluding hydrogens is 310 g/mol. The second kappa shape index (κ2) is 7.38. The summed E-state index contributed by atoms with van der Waals surface area (Å²) in [7, 11) is 0. The number of carbonyl (C=O) groups excluding carboxylic acids is 1. The van der Waals surface area contributed by atoms with Crippen LogP contribution in [0.2, 0.25) is 0 Å². The number of amides is 1. The number of hydrogen-bond donors (Lipinski definition) is 1. The lowest BCUT2D eigenvalue weighted by Gasteiger charge is -2.32. The second-order valence-corrected chi connectivity index (χ2v) is 6.13. The number of likely N-dealkylation sites (tertiary alicyclic amines) is 1. The summed E-state index contributed by atoms with van der Waals surface area (Å²) in [5, 5.41) is 9.09. The Morgan fingerprint density at radius 1 is 1.21 bits per heavy atom. The molecule has 3 rings (SSSR count). The molecule has 1 saturated heterocycles. The minimum atomic E-state index is -0.779. The molecule has 0 bridgehead atoms. The highest BCUT2D eigenvalue weighted by atomic mass is 16.7. The Kier molecular flexibility index (Phi) is 5.03. The predicted molar refractivity (Wildman–Crippen MR) is 85.7 cm³/mol. The van der Waals surface area contributed by atoms with Crippen LogP contribution in [0, 0.1) is 11.8 Å². The molecular formula is C18H21NO5. The molecule has 1 atom stereocenters. The van der Waals surface area contributed by atoms with E-state index in [0.29, 0.717) is 38.1 Å². The van der Waals surface area contributed by atoms with Gasteiger partial charge in [-0.15, -0.1) is 0 Å². The maximum absolute atomic E-state index is 13.0. The van der Waals surface area contributed by atoms with Crippen LogP contribution in [-0.2, 0) is 25.5 Å². The number of nitrogens with zero attached hydrogens (tertiary/aromatic N) is 1. The fourth-order valence-corrected chi connectivity index (χ4v) is 3.16. The van der Waals surface area contributed by atoms with E-state index in [4.69, 9.17) is 14.6 Å². The zero-order chi connectivity index (χ0) is 16.9. The van der Waals surface area contributed by atoms with E-state index in [0.717, 1.165) is 5.56 Å². The summed E-state index contributed by atoms with van der Waals surface area (Å²) in [4.78, 5) is 25.8. The van der Waals surface area contributed by atoms with E-state index < -0.39 is 11.9 Å². The van der Waals surface area contributed by atoms with Gasteiger partial charge in [-0.2, -0.15) is 0 Å². The second-order valence-electron chi connectivity index (χ2n) is 6.13. The van der Waals surface area contributed by atoms with Gasteiger partial charge in [0.15, 0.2) is 0 Å². The van der Waals surface area contributed by atoms with Gasteiger partial charge < -0.3 is 19.5 Å². The summed E-state index contributed by atoms with van der Waals surface area (Å²) in [6, 6.07) is 9.78. The van der Waals surface area contributed by atoms with E-state index in [1.807, 2.05) is 30.3 Å². The summed E-state index contributed by atoms with van der Waals surface area (Å²) < 4.78 is 10.6. The third-order valence-corrected chi connectivity index (χ3v) is 4.57. The first-order chi connectivity index (χ1) is 11.6. The summed E-state index contributed by atoms with van der Waals surface area (Å²) in [6.45, 7) is 1.07. The highest BCUT2D eigenvalue weighted by Crippen LogP contribution is 2.26. The van der Waals surface area contributed by atoms with Crippen molar-refractivity contribution in [3.05, 3.63) is 47.9 Å². The van der Waals surface area contributed by atoms with E-state index in [1.54, 1.807) is 4.90 Å². The molecule has 1 unspecified atom stereocenters. The SMILES string of the molecule is O=C(O)C1CCN(C(=O)C(Cc2ccccc2)C2=COCO2)CC1. The molecule has 1 N–H and O–H groups in total. The number of ether oxygens (including phenoxy) is 2. The average molecular weight is 331 g/mol. The van der Waals surface area contributed by atoms with Crippen LogP contribution in [0.1, 0.15) is 18.4 Å². The number of hydrogen-bond acceptors (Lipinski definition) is 4. The van der Waals surface area contributed by atoms with Crippen molar-refractivity contribution in [2.24, 2.45) is 11.8 Å². The Balaban J connectivity index is 1.71. The number of carboxylic acids is 1. The molecule has 0 aromatic heterocycles. The molecule has 6 nitrogen and oxygen atoms in total. The molecule has 1 amide bonds. The van der Waals surface area contributed by atoms with Gasteiger partial charge in [-0.05, 0) is 24.8 Å². The van der Waals surface area contributed by atoms with E-state index in [1.165, 1.54) is 6.26 Å². The highest BCUT2D eigenvalue weighted by Gasteiger charge is 2.34. The Hall–Kier alpha value is -2.50. The minimum Gasteiger partial charge on any atom is -0.481 e. The van der Waals surface area contributed by atoms with Crippen molar-refractivity contribution in [1.29, 1.82) is 0 Å². The molecule has 1 fully saturated rings. The summed E-state index contributed by atoms with van der Waals surface area (Å²) in [5.41, 5.74) is 1.05. The molecule has 0 radical (unpaired) electrons. The first-order valence-electron chi connectivity index (χ1n) is 8.15. The fourth-order valence-electron chi connectivity index (χ4n) is 3.16. The van der Waals surface area contributed by atoms with Crippen molar-refractivity contribution in [3.8, 4) is 0 Å². The Labute approximate surface area is 140 Å². The third-order valence-electron chi connectivity index (χ3n) is 4.57. The normalized spacial score (nSPS) is 19.2. The topological polar surface area (TPSA) is 76.1 Å². The van der Waals surface area contributed by atoms with Crippen molar-refractivity contribution in [3.63, 3.8) is 0 Å². The molecule has 6 heteroatoms. The van der Waals surface area contributed by atoms with E-state index in [2.05, 4.69) is 0 Å². The first kappa shape index (κ1) is 16.4. The van der Waals surface area contributed by atoms with E-state index in [-0.39, 0.29) is 18.6 Å². The third kappa shape index (κ3) is 3.69. The van der Waals surface area contributed by atoms with Crippen LogP contribution in [0.25, 0.3) is 0 Å². The van der Waals surface area contributed by atoms with Crippen LogP contribution in [0.15, 0.2) is 42.4 Å². The number of carboxylic acid groups (broad SMARTS) is 1. The smallest absolute Gasteiger partial charge is 0.306 e. The van der Waals surface area contributed by atoms with Crippen LogP contribution in [0.4, 0.5) is 0 Å². The van der Waals surface area contributed by atoms with Crippen molar-refractivity contribution in [2.45, 2.75) is 19.3 Å². The van der Waals surface area contributed by atoms with Gasteiger partial charge in [0, 0.05) is 13.1 Å². The molecule has 24 heavy (non-hydrogen) atoms. The van der Waals surface area contributed by atoms with Gasteiger partial charge >= 0.3 is 5.97 Å². The van der Waals surface area contributed by atoms with Crippen LogP contribution in [0.3, 0.4) is 0 Å². The quantitative estimate of drug-likeness (QED) is 0.893. The molecule has 0 saturated carbocycles. The van der Waals surface area contributed by atoms with Crippen LogP contribution < -0.4 is 0 Å². The zero-order valence-electron chi connectivity index (χ0n) is 13.4. The van der Waals surface area contributed by atoms with Gasteiger partial charge in [0.2, 0.25) is 12.7 Å². The number of piperidine rings is 1. The van der Waals surface area contributed by atoms with Crippen molar-refractivity contribution < 1.29 is 24.2 Å². The predicted octanol–water partition coefficient (Wildman–Crippen LogP) is 2.01. The molecule has 0 aliphatic carbocycles. The van der Waals surface area contributed by atoms with E-state index in [9.17, 15) is 9.59 Å². The first-order valence-corrected chi connectivity index (χ1v) is 8.15. The van der Waals surface area contributed by atoms with Gasteiger partial charge in [-0.1, -0.05) is 30.3 Å². The van der Waals surface area contributed by atoms with Gasteiger partial charge in [-0.3, -0.25) is 9.59 Å². The Morgan fingerprint density at radius 2 is 1.92 bits per heavy atom. The summed E-state index contributed by atoms with van der Waals surface area (Å²) in [5.74, 6) is -1.05. The lowest BCUT2D eigenvalue weighted by Crippen LogP contribution is -2.44. The van der Waals surface area contributed by atoms with Gasteiger partial charge in [0.25, 0.3) is 0 Å². The Bertz CT molecular complexity index is 620. The lowest BCUT2D eigenvalue weighted by molar-refractivity contribution is -0.146. The monoisotopic (exact) mass is 331 g/mol. The molecule has 1 aromatic carbocycles. The Morgan fingerprint density at radius 3 is 2.50 bits per heavy atom. The van der Waals surface area contributed by atoms with Gasteiger partial charge in [0.05, 0.1) is 5.92 Å². The maximum atomic E-state index is 13.0. The largest absolute Gasteiger partial charge is 0.481 e. The van der Waals surface area contributed by atoms with Crippen LogP contribution in [-0.4, -0.2) is 41.8 Å². The average Bonchev–Trinajstić information content (AvgIpc) is 3.14. The summed E-state index contributed by atoms with van der Waals surface area (Å²) in [6.07, 6.45) is 3.04. The molecule has 2 aliphatic heterocycles. The van der Waals surface area contributed by atoms with Crippen molar-refractivity contribution in [2.75, 3.05) is 19.9 Å². The molecule has 2 heterocycles. The standard InChI is InChI=1S/C18H21NO5/c20-17(19-8-6-14(7-9-19)18(21)22)15(16-11-23-12-24-16)10-13-4-2-1-3-5-13/h1-5,11,14-15H,6-10,12H2,(H,21,22). The van der Waals surface area contributed by atoms with Crippen LogP contribution in [0.5, 0.6) is 0 Å². The van der Waals surface area contributed by atoms with Gasteiger partial charge in [0.1, 0.15) is 17.9 Å². The number of rotatable bonds is 5. The van der Waals surface area contributed by atoms with Crippen LogP contribution >= 0.6 is 0 Å². The number of benzene rings is 1. The zero-order valence-corrected chi connectivity index (χ0v) is 13.4. The van der Waals surface area contributed by atoms with Crippen molar-refractivity contribution in [1.82, 2.24) is 4.90 Å². The fraction of sp³-hybridized carbons (Fsp3) is 0.444. The van der Waals surface area contributed by atoms with Gasteiger partial charge in [-0.25, -0.2) is 0 Å². The minimum absolute atomic E-state index is 0.0283. The number of aliphatic carboxylic acids is 1. The molecule has 128 valence electrons.